The minimum absolute atomic E-state index is 0.0879. The number of nitrogens with two attached hydrogens (primary N) is 1. The summed E-state index contributed by atoms with van der Waals surface area (Å²) in [4.78, 5) is 4.70. The first-order valence-electron chi connectivity index (χ1n) is 6.89. The molecule has 3 aromatic rings. The van der Waals surface area contributed by atoms with Gasteiger partial charge in [0, 0.05) is 12.5 Å². The average molecular weight is 282 g/mol. The molecule has 102 valence electrons. The maximum atomic E-state index is 6.24. The van der Waals surface area contributed by atoms with Crippen LogP contribution in [0.3, 0.4) is 0 Å². The van der Waals surface area contributed by atoms with Crippen LogP contribution in [0.15, 0.2) is 48.5 Å². The molecule has 2 aromatic carbocycles. The predicted octanol–water partition coefficient (Wildman–Crippen LogP) is 4.24. The molecule has 0 aliphatic carbocycles. The number of fused-ring (bicyclic) bond motifs is 1. The lowest BCUT2D eigenvalue weighted by atomic mass is 10.0. The fourth-order valence-corrected chi connectivity index (χ4v) is 3.30. The van der Waals surface area contributed by atoms with E-state index in [2.05, 4.69) is 37.3 Å². The molecule has 1 atom stereocenters. The van der Waals surface area contributed by atoms with Crippen LogP contribution < -0.4 is 5.73 Å². The standard InChI is InChI=1S/C17H18N2S/c1-12-7-9-16-15(11-12)19-17(20-16)10-8-14(18)13-5-3-2-4-6-13/h2-7,9,11,14H,8,10,18H2,1H3. The number of hydrogen-bond acceptors (Lipinski definition) is 3. The molecule has 2 nitrogen and oxygen atoms in total. The van der Waals surface area contributed by atoms with Gasteiger partial charge in [-0.25, -0.2) is 4.98 Å². The normalized spacial score (nSPS) is 12.7. The third-order valence-electron chi connectivity index (χ3n) is 3.48. The van der Waals surface area contributed by atoms with Crippen molar-refractivity contribution in [3.63, 3.8) is 0 Å². The number of thiazole rings is 1. The Bertz CT molecular complexity index is 703. The third kappa shape index (κ3) is 2.89. The summed E-state index contributed by atoms with van der Waals surface area (Å²) in [6.45, 7) is 2.10. The van der Waals surface area contributed by atoms with Crippen LogP contribution >= 0.6 is 11.3 Å². The number of rotatable bonds is 4. The Morgan fingerprint density at radius 2 is 1.95 bits per heavy atom. The molecule has 0 saturated carbocycles. The molecule has 1 unspecified atom stereocenters. The Morgan fingerprint density at radius 1 is 1.15 bits per heavy atom. The van der Waals surface area contributed by atoms with Gasteiger partial charge in [0.15, 0.2) is 0 Å². The van der Waals surface area contributed by atoms with Crippen LogP contribution in [0.4, 0.5) is 0 Å². The second-order valence-corrected chi connectivity index (χ2v) is 6.25. The Kier molecular flexibility index (Phi) is 3.81. The van der Waals surface area contributed by atoms with Gasteiger partial charge in [0.2, 0.25) is 0 Å². The molecule has 0 radical (unpaired) electrons. The summed E-state index contributed by atoms with van der Waals surface area (Å²) in [5.74, 6) is 0. The molecular formula is C17H18N2S. The van der Waals surface area contributed by atoms with Crippen molar-refractivity contribution in [3.8, 4) is 0 Å². The highest BCUT2D eigenvalue weighted by atomic mass is 32.1. The van der Waals surface area contributed by atoms with E-state index >= 15 is 0 Å². The van der Waals surface area contributed by atoms with Gasteiger partial charge in [-0.3, -0.25) is 0 Å². The van der Waals surface area contributed by atoms with Crippen molar-refractivity contribution in [1.29, 1.82) is 0 Å². The molecule has 1 aromatic heterocycles. The van der Waals surface area contributed by atoms with Gasteiger partial charge >= 0.3 is 0 Å². The van der Waals surface area contributed by atoms with Crippen LogP contribution in [0.25, 0.3) is 10.2 Å². The lowest BCUT2D eigenvalue weighted by Gasteiger charge is -2.10. The maximum Gasteiger partial charge on any atom is 0.0939 e. The van der Waals surface area contributed by atoms with Gasteiger partial charge in [-0.2, -0.15) is 0 Å². The first-order valence-corrected chi connectivity index (χ1v) is 7.70. The molecule has 0 aliphatic heterocycles. The Balaban J connectivity index is 1.71. The lowest BCUT2D eigenvalue weighted by Crippen LogP contribution is -2.10. The van der Waals surface area contributed by atoms with Crippen molar-refractivity contribution in [1.82, 2.24) is 4.98 Å². The third-order valence-corrected chi connectivity index (χ3v) is 4.58. The van der Waals surface area contributed by atoms with E-state index in [9.17, 15) is 0 Å². The maximum absolute atomic E-state index is 6.24. The van der Waals surface area contributed by atoms with Crippen LogP contribution in [0.1, 0.15) is 28.6 Å². The molecule has 3 heteroatoms. The quantitative estimate of drug-likeness (QED) is 0.777. The molecule has 0 fully saturated rings. The predicted molar refractivity (Wildman–Crippen MR) is 86.0 cm³/mol. The molecule has 2 N–H and O–H groups in total. The van der Waals surface area contributed by atoms with E-state index in [1.54, 1.807) is 11.3 Å². The second kappa shape index (κ2) is 5.73. The van der Waals surface area contributed by atoms with Crippen LogP contribution in [-0.4, -0.2) is 4.98 Å². The summed E-state index contributed by atoms with van der Waals surface area (Å²) >= 11 is 1.78. The highest BCUT2D eigenvalue weighted by molar-refractivity contribution is 7.18. The number of benzene rings is 2. The summed E-state index contributed by atoms with van der Waals surface area (Å²) in [6, 6.07) is 16.8. The zero-order valence-electron chi connectivity index (χ0n) is 11.5. The summed E-state index contributed by atoms with van der Waals surface area (Å²) < 4.78 is 1.26. The number of hydrogen-bond donors (Lipinski definition) is 1. The van der Waals surface area contributed by atoms with E-state index in [1.165, 1.54) is 20.8 Å². The highest BCUT2D eigenvalue weighted by Crippen LogP contribution is 2.25. The fraction of sp³-hybridized carbons (Fsp3) is 0.235. The highest BCUT2D eigenvalue weighted by Gasteiger charge is 2.08. The van der Waals surface area contributed by atoms with Crippen molar-refractivity contribution in [3.05, 3.63) is 64.7 Å². The topological polar surface area (TPSA) is 38.9 Å². The Hall–Kier alpha value is -1.71. The molecular weight excluding hydrogens is 264 g/mol. The van der Waals surface area contributed by atoms with E-state index in [4.69, 9.17) is 10.7 Å². The fourth-order valence-electron chi connectivity index (χ4n) is 2.34. The molecule has 0 saturated heterocycles. The van der Waals surface area contributed by atoms with Gasteiger partial charge in [-0.05, 0) is 36.6 Å². The number of nitrogens with zero attached hydrogens (tertiary/aromatic N) is 1. The first kappa shape index (κ1) is 13.3. The van der Waals surface area contributed by atoms with Gasteiger partial charge < -0.3 is 5.73 Å². The Morgan fingerprint density at radius 3 is 2.75 bits per heavy atom. The van der Waals surface area contributed by atoms with E-state index in [1.807, 2.05) is 18.2 Å². The van der Waals surface area contributed by atoms with Gasteiger partial charge in [0.25, 0.3) is 0 Å². The summed E-state index contributed by atoms with van der Waals surface area (Å²) in [7, 11) is 0. The van der Waals surface area contributed by atoms with Crippen LogP contribution in [0.5, 0.6) is 0 Å². The second-order valence-electron chi connectivity index (χ2n) is 5.13. The molecule has 1 heterocycles. The lowest BCUT2D eigenvalue weighted by molar-refractivity contribution is 0.650. The van der Waals surface area contributed by atoms with Crippen LogP contribution in [0.2, 0.25) is 0 Å². The van der Waals surface area contributed by atoms with Crippen LogP contribution in [0, 0.1) is 6.92 Å². The van der Waals surface area contributed by atoms with Crippen molar-refractivity contribution in [2.75, 3.05) is 0 Å². The van der Waals surface area contributed by atoms with E-state index in [0.29, 0.717) is 0 Å². The van der Waals surface area contributed by atoms with Crippen molar-refractivity contribution >= 4 is 21.6 Å². The van der Waals surface area contributed by atoms with Crippen molar-refractivity contribution in [2.24, 2.45) is 5.73 Å². The number of aromatic nitrogens is 1. The minimum atomic E-state index is 0.0879. The Labute approximate surface area is 123 Å². The molecule has 0 bridgehead atoms. The molecule has 3 rings (SSSR count). The van der Waals surface area contributed by atoms with Gasteiger partial charge in [0.05, 0.1) is 15.2 Å². The van der Waals surface area contributed by atoms with E-state index < -0.39 is 0 Å². The zero-order valence-corrected chi connectivity index (χ0v) is 12.4. The molecule has 0 aliphatic rings. The summed E-state index contributed by atoms with van der Waals surface area (Å²) in [5.41, 5.74) is 9.81. The van der Waals surface area contributed by atoms with Crippen LogP contribution in [-0.2, 0) is 6.42 Å². The van der Waals surface area contributed by atoms with Crippen molar-refractivity contribution < 1.29 is 0 Å². The van der Waals surface area contributed by atoms with Gasteiger partial charge in [-0.15, -0.1) is 11.3 Å². The van der Waals surface area contributed by atoms with Gasteiger partial charge in [-0.1, -0.05) is 36.4 Å². The van der Waals surface area contributed by atoms with E-state index in [-0.39, 0.29) is 6.04 Å². The SMILES string of the molecule is Cc1ccc2sc(CCC(N)c3ccccc3)nc2c1. The summed E-state index contributed by atoms with van der Waals surface area (Å²) in [6.07, 6.45) is 1.87. The minimum Gasteiger partial charge on any atom is -0.324 e. The molecule has 20 heavy (non-hydrogen) atoms. The summed E-state index contributed by atoms with van der Waals surface area (Å²) in [5, 5.41) is 1.18. The smallest absolute Gasteiger partial charge is 0.0939 e. The van der Waals surface area contributed by atoms with Gasteiger partial charge in [0.1, 0.15) is 0 Å². The molecule has 0 spiro atoms. The zero-order chi connectivity index (χ0) is 13.9. The monoisotopic (exact) mass is 282 g/mol. The average Bonchev–Trinajstić information content (AvgIpc) is 2.87. The largest absolute Gasteiger partial charge is 0.324 e. The molecule has 0 amide bonds. The van der Waals surface area contributed by atoms with Crippen molar-refractivity contribution in [2.45, 2.75) is 25.8 Å². The number of aryl methyl sites for hydroxylation is 2. The first-order chi connectivity index (χ1) is 9.72. The van der Waals surface area contributed by atoms with E-state index in [0.717, 1.165) is 18.4 Å².